The maximum atomic E-state index is 16.6. The van der Waals surface area contributed by atoms with Crippen molar-refractivity contribution >= 4 is 22.8 Å². The monoisotopic (exact) mass is 442 g/mol. The van der Waals surface area contributed by atoms with Gasteiger partial charge in [0, 0.05) is 0 Å². The van der Waals surface area contributed by atoms with Crippen LogP contribution in [0.4, 0.5) is 4.39 Å². The predicted octanol–water partition coefficient (Wildman–Crippen LogP) is 2.78. The van der Waals surface area contributed by atoms with Gasteiger partial charge in [0.05, 0.1) is 12.9 Å². The number of hydrogen-bond acceptors (Lipinski definition) is 8. The van der Waals surface area contributed by atoms with Crippen LogP contribution in [0, 0.1) is 0 Å². The Morgan fingerprint density at radius 2 is 1.77 bits per heavy atom. The van der Waals surface area contributed by atoms with Gasteiger partial charge in [-0.15, -0.1) is 0 Å². The van der Waals surface area contributed by atoms with E-state index < -0.39 is 47.9 Å². The standard InChI is InChI=1S/C19H24ClFN4O5/c1-17(2)26-6-9-11(28-17)12-13(30-18(3,4)29-12)19(5,21)16(27-9)25-8-24-10-14(20)22-7-23-15(10)25/h7-9,11-13,16H,6H2,1-5H3/t9?,11-,12-,13?,16+,19?/m0/s1. The van der Waals surface area contributed by atoms with Gasteiger partial charge in [0.1, 0.15) is 36.3 Å². The van der Waals surface area contributed by atoms with E-state index in [0.29, 0.717) is 11.2 Å². The largest absolute Gasteiger partial charge is 0.348 e. The van der Waals surface area contributed by atoms with E-state index >= 15 is 4.39 Å². The number of hydrogen-bond donors (Lipinski definition) is 0. The minimum absolute atomic E-state index is 0.177. The van der Waals surface area contributed by atoms with Gasteiger partial charge in [-0.3, -0.25) is 4.57 Å². The molecule has 5 heterocycles. The van der Waals surface area contributed by atoms with E-state index in [4.69, 9.17) is 35.3 Å². The van der Waals surface area contributed by atoms with Crippen molar-refractivity contribution in [3.05, 3.63) is 17.8 Å². The van der Waals surface area contributed by atoms with Gasteiger partial charge in [-0.05, 0) is 34.6 Å². The fourth-order valence-corrected chi connectivity index (χ4v) is 4.63. The second-order valence-corrected chi connectivity index (χ2v) is 9.34. The van der Waals surface area contributed by atoms with E-state index in [1.165, 1.54) is 24.1 Å². The molecule has 0 aliphatic carbocycles. The summed E-state index contributed by atoms with van der Waals surface area (Å²) in [6.45, 7) is 8.76. The van der Waals surface area contributed by atoms with Crippen LogP contribution in [0.3, 0.4) is 0 Å². The van der Waals surface area contributed by atoms with Crippen LogP contribution in [-0.4, -0.2) is 67.8 Å². The van der Waals surface area contributed by atoms with Crippen molar-refractivity contribution in [1.29, 1.82) is 0 Å². The van der Waals surface area contributed by atoms with Crippen molar-refractivity contribution in [3.8, 4) is 0 Å². The highest BCUT2D eigenvalue weighted by atomic mass is 35.5. The number of fused-ring (bicyclic) bond motifs is 4. The molecule has 3 aliphatic rings. The molecule has 3 saturated heterocycles. The summed E-state index contributed by atoms with van der Waals surface area (Å²) < 4.78 is 48.4. The normalized spacial score (nSPS) is 40.0. The summed E-state index contributed by atoms with van der Waals surface area (Å²) in [6, 6.07) is 0. The molecule has 30 heavy (non-hydrogen) atoms. The Bertz CT molecular complexity index is 983. The zero-order valence-corrected chi connectivity index (χ0v) is 18.1. The van der Waals surface area contributed by atoms with Gasteiger partial charge in [0.25, 0.3) is 0 Å². The van der Waals surface area contributed by atoms with Gasteiger partial charge in [0.15, 0.2) is 34.3 Å². The van der Waals surface area contributed by atoms with Crippen LogP contribution in [-0.2, 0) is 23.7 Å². The molecule has 6 atom stereocenters. The van der Waals surface area contributed by atoms with Crippen LogP contribution < -0.4 is 0 Å². The lowest BCUT2D eigenvalue weighted by molar-refractivity contribution is -0.333. The molecule has 164 valence electrons. The molecule has 0 saturated carbocycles. The quantitative estimate of drug-likeness (QED) is 0.623. The molecule has 3 unspecified atom stereocenters. The summed E-state index contributed by atoms with van der Waals surface area (Å²) in [5.41, 5.74) is -1.30. The third-order valence-electron chi connectivity index (χ3n) is 5.74. The SMILES string of the molecule is CC1(C)OC2[C@@H](O1)[C@H]1OC(C)(C)OCC1O[C@@H](n1cnc3c(Cl)ncnc31)C2(C)F. The van der Waals surface area contributed by atoms with E-state index in [1.54, 1.807) is 27.7 Å². The summed E-state index contributed by atoms with van der Waals surface area (Å²) in [4.78, 5) is 12.4. The maximum absolute atomic E-state index is 16.6. The molecule has 11 heteroatoms. The van der Waals surface area contributed by atoms with E-state index in [9.17, 15) is 0 Å². The number of halogens is 2. The minimum Gasteiger partial charge on any atom is -0.348 e. The van der Waals surface area contributed by atoms with Gasteiger partial charge < -0.3 is 23.7 Å². The minimum atomic E-state index is -2.02. The summed E-state index contributed by atoms with van der Waals surface area (Å²) in [5, 5.41) is 0.177. The van der Waals surface area contributed by atoms with Crippen LogP contribution in [0.2, 0.25) is 5.15 Å². The molecule has 0 amide bonds. The van der Waals surface area contributed by atoms with Crippen molar-refractivity contribution in [1.82, 2.24) is 19.5 Å². The Balaban J connectivity index is 1.63. The molecule has 2 aromatic heterocycles. The molecule has 0 radical (unpaired) electrons. The summed E-state index contributed by atoms with van der Waals surface area (Å²) in [7, 11) is 0. The zero-order chi connectivity index (χ0) is 21.5. The molecule has 5 rings (SSSR count). The average molecular weight is 443 g/mol. The molecule has 0 N–H and O–H groups in total. The number of aromatic nitrogens is 4. The smallest absolute Gasteiger partial charge is 0.181 e. The average Bonchev–Trinajstić information content (AvgIpc) is 3.20. The highest BCUT2D eigenvalue weighted by molar-refractivity contribution is 6.33. The lowest BCUT2D eigenvalue weighted by Gasteiger charge is -2.42. The van der Waals surface area contributed by atoms with Crippen molar-refractivity contribution in [2.24, 2.45) is 0 Å². The molecule has 0 spiro atoms. The number of alkyl halides is 1. The second-order valence-electron chi connectivity index (χ2n) is 8.98. The van der Waals surface area contributed by atoms with E-state index in [1.807, 2.05) is 0 Å². The van der Waals surface area contributed by atoms with Crippen molar-refractivity contribution in [2.45, 2.75) is 82.5 Å². The van der Waals surface area contributed by atoms with Crippen LogP contribution in [0.25, 0.3) is 11.2 Å². The first-order valence-electron chi connectivity index (χ1n) is 9.83. The van der Waals surface area contributed by atoms with Crippen molar-refractivity contribution < 1.29 is 28.1 Å². The number of imidazole rings is 1. The maximum Gasteiger partial charge on any atom is 0.181 e. The Kier molecular flexibility index (Phi) is 4.46. The van der Waals surface area contributed by atoms with Gasteiger partial charge in [-0.25, -0.2) is 19.3 Å². The topological polar surface area (TPSA) is 89.8 Å². The summed E-state index contributed by atoms with van der Waals surface area (Å²) in [5.74, 6) is -1.84. The fraction of sp³-hybridized carbons (Fsp3) is 0.737. The van der Waals surface area contributed by atoms with Gasteiger partial charge >= 0.3 is 0 Å². The van der Waals surface area contributed by atoms with Crippen molar-refractivity contribution in [2.75, 3.05) is 6.61 Å². The third-order valence-corrected chi connectivity index (χ3v) is 6.02. The summed E-state index contributed by atoms with van der Waals surface area (Å²) in [6.07, 6.45) is -1.24. The lowest BCUT2D eigenvalue weighted by atomic mass is 9.91. The fourth-order valence-electron chi connectivity index (χ4n) is 4.45. The highest BCUT2D eigenvalue weighted by Gasteiger charge is 2.63. The molecular weight excluding hydrogens is 419 g/mol. The van der Waals surface area contributed by atoms with Crippen LogP contribution in [0.15, 0.2) is 12.7 Å². The van der Waals surface area contributed by atoms with Crippen molar-refractivity contribution in [3.63, 3.8) is 0 Å². The lowest BCUT2D eigenvalue weighted by Crippen LogP contribution is -2.56. The van der Waals surface area contributed by atoms with E-state index in [0.717, 1.165) is 0 Å². The molecular formula is C19H24ClFN4O5. The Hall–Kier alpha value is -1.43. The zero-order valence-electron chi connectivity index (χ0n) is 17.3. The van der Waals surface area contributed by atoms with Gasteiger partial charge in [0.2, 0.25) is 0 Å². The molecule has 0 bridgehead atoms. The molecule has 3 aliphatic heterocycles. The molecule has 3 fully saturated rings. The summed E-state index contributed by atoms with van der Waals surface area (Å²) >= 11 is 6.14. The van der Waals surface area contributed by atoms with Crippen LogP contribution >= 0.6 is 11.6 Å². The van der Waals surface area contributed by atoms with Gasteiger partial charge in [-0.1, -0.05) is 11.6 Å². The van der Waals surface area contributed by atoms with E-state index in [-0.39, 0.29) is 11.8 Å². The first kappa shape index (κ1) is 20.5. The predicted molar refractivity (Wildman–Crippen MR) is 102 cm³/mol. The Morgan fingerprint density at radius 3 is 2.53 bits per heavy atom. The number of nitrogens with zero attached hydrogens (tertiary/aromatic N) is 4. The third kappa shape index (κ3) is 3.12. The molecule has 2 aromatic rings. The molecule has 0 aromatic carbocycles. The number of rotatable bonds is 1. The van der Waals surface area contributed by atoms with E-state index in [2.05, 4.69) is 15.0 Å². The van der Waals surface area contributed by atoms with Gasteiger partial charge in [-0.2, -0.15) is 0 Å². The number of ether oxygens (including phenoxy) is 5. The van der Waals surface area contributed by atoms with Crippen LogP contribution in [0.5, 0.6) is 0 Å². The molecule has 9 nitrogen and oxygen atoms in total. The highest BCUT2D eigenvalue weighted by Crippen LogP contribution is 2.49. The Labute approximate surface area is 177 Å². The van der Waals surface area contributed by atoms with Crippen LogP contribution in [0.1, 0.15) is 40.8 Å². The Morgan fingerprint density at radius 1 is 1.03 bits per heavy atom. The first-order valence-corrected chi connectivity index (χ1v) is 10.2. The second kappa shape index (κ2) is 6.54. The first-order chi connectivity index (χ1) is 14.0.